The van der Waals surface area contributed by atoms with E-state index in [1.807, 2.05) is 13.8 Å². The van der Waals surface area contributed by atoms with Crippen molar-refractivity contribution < 1.29 is 27.4 Å². The summed E-state index contributed by atoms with van der Waals surface area (Å²) in [5, 5.41) is 2.76. The fourth-order valence-electron chi connectivity index (χ4n) is 2.48. The van der Waals surface area contributed by atoms with E-state index in [1.165, 1.54) is 12.1 Å². The molecule has 0 aromatic heterocycles. The molecule has 0 bridgehead atoms. The van der Waals surface area contributed by atoms with Crippen LogP contribution < -0.4 is 14.8 Å². The van der Waals surface area contributed by atoms with E-state index in [4.69, 9.17) is 9.47 Å². The van der Waals surface area contributed by atoms with Crippen LogP contribution in [0.1, 0.15) is 35.3 Å². The lowest BCUT2D eigenvalue weighted by atomic mass is 10.1. The molecule has 0 aliphatic heterocycles. The first-order valence-corrected chi connectivity index (χ1v) is 8.69. The zero-order valence-corrected chi connectivity index (χ0v) is 15.2. The first-order valence-electron chi connectivity index (χ1n) is 8.69. The van der Waals surface area contributed by atoms with Gasteiger partial charge in [-0.15, -0.1) is 0 Å². The van der Waals surface area contributed by atoms with Gasteiger partial charge in [-0.1, -0.05) is 12.1 Å². The zero-order chi connectivity index (χ0) is 19.9. The van der Waals surface area contributed by atoms with Crippen LogP contribution in [0.25, 0.3) is 0 Å². The Morgan fingerprint density at radius 1 is 0.963 bits per heavy atom. The van der Waals surface area contributed by atoms with Gasteiger partial charge in [0.2, 0.25) is 0 Å². The molecule has 2 aromatic carbocycles. The van der Waals surface area contributed by atoms with Gasteiger partial charge in [-0.2, -0.15) is 13.2 Å². The average Bonchev–Trinajstić information content (AvgIpc) is 2.63. The third-order valence-corrected chi connectivity index (χ3v) is 3.79. The maximum absolute atomic E-state index is 12.6. The van der Waals surface area contributed by atoms with Crippen LogP contribution in [-0.2, 0) is 12.6 Å². The molecule has 2 aromatic rings. The maximum Gasteiger partial charge on any atom is 0.416 e. The highest BCUT2D eigenvalue weighted by Gasteiger charge is 2.29. The van der Waals surface area contributed by atoms with E-state index in [2.05, 4.69) is 5.32 Å². The SMILES string of the molecule is CCOc1ccc(C(=O)NCCc2ccc(C(F)(F)F)cc2)cc1OCC. The normalized spacial score (nSPS) is 11.1. The highest BCUT2D eigenvalue weighted by atomic mass is 19.4. The second kappa shape index (κ2) is 9.30. The van der Waals surface area contributed by atoms with Crippen LogP contribution in [0.2, 0.25) is 0 Å². The number of amides is 1. The fourth-order valence-corrected chi connectivity index (χ4v) is 2.48. The summed E-state index contributed by atoms with van der Waals surface area (Å²) >= 11 is 0. The summed E-state index contributed by atoms with van der Waals surface area (Å²) in [7, 11) is 0. The van der Waals surface area contributed by atoms with Crippen LogP contribution in [0.4, 0.5) is 13.2 Å². The molecule has 27 heavy (non-hydrogen) atoms. The Bertz CT molecular complexity index is 758. The molecule has 0 aliphatic rings. The van der Waals surface area contributed by atoms with Crippen LogP contribution in [0.15, 0.2) is 42.5 Å². The molecular formula is C20H22F3NO3. The summed E-state index contributed by atoms with van der Waals surface area (Å²) in [6, 6.07) is 9.84. The Balaban J connectivity index is 1.94. The quantitative estimate of drug-likeness (QED) is 0.734. The summed E-state index contributed by atoms with van der Waals surface area (Å²) in [6.07, 6.45) is -3.92. The van der Waals surface area contributed by atoms with E-state index in [1.54, 1.807) is 18.2 Å². The molecule has 1 N–H and O–H groups in total. The van der Waals surface area contributed by atoms with E-state index in [0.717, 1.165) is 12.1 Å². The van der Waals surface area contributed by atoms with Crippen molar-refractivity contribution in [2.45, 2.75) is 26.4 Å². The summed E-state index contributed by atoms with van der Waals surface area (Å²) in [6.45, 7) is 4.93. The average molecular weight is 381 g/mol. The van der Waals surface area contributed by atoms with Crippen LogP contribution in [0.5, 0.6) is 11.5 Å². The lowest BCUT2D eigenvalue weighted by Crippen LogP contribution is -2.25. The molecule has 4 nitrogen and oxygen atoms in total. The van der Waals surface area contributed by atoms with Crippen molar-refractivity contribution in [3.63, 3.8) is 0 Å². The Labute approximate surface area is 156 Å². The second-order valence-electron chi connectivity index (χ2n) is 5.73. The summed E-state index contributed by atoms with van der Waals surface area (Å²) in [4.78, 5) is 12.3. The Kier molecular flexibility index (Phi) is 7.10. The van der Waals surface area contributed by atoms with Gasteiger partial charge in [-0.3, -0.25) is 4.79 Å². The molecule has 0 atom stereocenters. The van der Waals surface area contributed by atoms with E-state index in [-0.39, 0.29) is 5.91 Å². The molecule has 1 amide bonds. The van der Waals surface area contributed by atoms with Gasteiger partial charge in [0, 0.05) is 12.1 Å². The number of halogens is 3. The van der Waals surface area contributed by atoms with Gasteiger partial charge < -0.3 is 14.8 Å². The largest absolute Gasteiger partial charge is 0.490 e. The monoisotopic (exact) mass is 381 g/mol. The lowest BCUT2D eigenvalue weighted by Gasteiger charge is -2.12. The van der Waals surface area contributed by atoms with E-state index in [9.17, 15) is 18.0 Å². The van der Waals surface area contributed by atoms with Gasteiger partial charge in [-0.25, -0.2) is 0 Å². The molecule has 0 fully saturated rings. The molecule has 0 saturated carbocycles. The van der Waals surface area contributed by atoms with Crippen LogP contribution in [0, 0.1) is 0 Å². The number of hydrogen-bond acceptors (Lipinski definition) is 3. The lowest BCUT2D eigenvalue weighted by molar-refractivity contribution is -0.137. The van der Waals surface area contributed by atoms with Crippen molar-refractivity contribution in [2.75, 3.05) is 19.8 Å². The zero-order valence-electron chi connectivity index (χ0n) is 15.2. The predicted molar refractivity (Wildman–Crippen MR) is 96.3 cm³/mol. The van der Waals surface area contributed by atoms with Crippen molar-refractivity contribution >= 4 is 5.91 Å². The molecule has 146 valence electrons. The predicted octanol–water partition coefficient (Wildman–Crippen LogP) is 4.48. The fraction of sp³-hybridized carbons (Fsp3) is 0.350. The highest BCUT2D eigenvalue weighted by Crippen LogP contribution is 2.29. The number of ether oxygens (including phenoxy) is 2. The van der Waals surface area contributed by atoms with Crippen molar-refractivity contribution in [1.29, 1.82) is 0 Å². The first-order chi connectivity index (χ1) is 12.8. The number of alkyl halides is 3. The van der Waals surface area contributed by atoms with Crippen molar-refractivity contribution in [3.05, 3.63) is 59.2 Å². The molecule has 0 saturated heterocycles. The van der Waals surface area contributed by atoms with Crippen molar-refractivity contribution in [2.24, 2.45) is 0 Å². The van der Waals surface area contributed by atoms with Gasteiger partial charge in [0.25, 0.3) is 5.91 Å². The smallest absolute Gasteiger partial charge is 0.416 e. The molecule has 0 spiro atoms. The Morgan fingerprint density at radius 3 is 2.19 bits per heavy atom. The molecule has 0 aliphatic carbocycles. The molecular weight excluding hydrogens is 359 g/mol. The third kappa shape index (κ3) is 5.91. The summed E-state index contributed by atoms with van der Waals surface area (Å²) < 4.78 is 48.6. The van der Waals surface area contributed by atoms with Gasteiger partial charge in [-0.05, 0) is 56.2 Å². The minimum Gasteiger partial charge on any atom is -0.490 e. The second-order valence-corrected chi connectivity index (χ2v) is 5.73. The van der Waals surface area contributed by atoms with E-state index >= 15 is 0 Å². The summed E-state index contributed by atoms with van der Waals surface area (Å²) in [5.41, 5.74) is 0.451. The van der Waals surface area contributed by atoms with Gasteiger partial charge >= 0.3 is 6.18 Å². The molecule has 0 unspecified atom stereocenters. The molecule has 7 heteroatoms. The highest BCUT2D eigenvalue weighted by molar-refractivity contribution is 5.94. The molecule has 0 radical (unpaired) electrons. The Hall–Kier alpha value is -2.70. The number of carbonyl (C=O) groups is 1. The van der Waals surface area contributed by atoms with Crippen molar-refractivity contribution in [3.8, 4) is 11.5 Å². The van der Waals surface area contributed by atoms with E-state index < -0.39 is 11.7 Å². The van der Waals surface area contributed by atoms with Crippen LogP contribution in [-0.4, -0.2) is 25.7 Å². The minimum atomic E-state index is -4.35. The molecule has 2 rings (SSSR count). The van der Waals surface area contributed by atoms with Gasteiger partial charge in [0.15, 0.2) is 11.5 Å². The first kappa shape index (κ1) is 20.6. The standard InChI is InChI=1S/C20H22F3NO3/c1-3-26-17-10-7-15(13-18(17)27-4-2)19(25)24-12-11-14-5-8-16(9-6-14)20(21,22)23/h5-10,13H,3-4,11-12H2,1-2H3,(H,24,25). The minimum absolute atomic E-state index is 0.286. The van der Waals surface area contributed by atoms with E-state index in [0.29, 0.717) is 48.8 Å². The summed E-state index contributed by atoms with van der Waals surface area (Å²) in [5.74, 6) is 0.779. The van der Waals surface area contributed by atoms with Crippen LogP contribution in [0.3, 0.4) is 0 Å². The van der Waals surface area contributed by atoms with Crippen molar-refractivity contribution in [1.82, 2.24) is 5.32 Å². The number of nitrogens with one attached hydrogen (secondary N) is 1. The van der Waals surface area contributed by atoms with Crippen LogP contribution >= 0.6 is 0 Å². The number of carbonyl (C=O) groups excluding carboxylic acids is 1. The Morgan fingerprint density at radius 2 is 1.59 bits per heavy atom. The third-order valence-electron chi connectivity index (χ3n) is 3.79. The maximum atomic E-state index is 12.6. The van der Waals surface area contributed by atoms with Gasteiger partial charge in [0.05, 0.1) is 18.8 Å². The number of rotatable bonds is 8. The molecule has 0 heterocycles. The number of hydrogen-bond donors (Lipinski definition) is 1. The number of benzene rings is 2. The topological polar surface area (TPSA) is 47.6 Å². The van der Waals surface area contributed by atoms with Gasteiger partial charge in [0.1, 0.15) is 0 Å².